The first-order chi connectivity index (χ1) is 11.4. The van der Waals surface area contributed by atoms with Crippen molar-refractivity contribution in [3.63, 3.8) is 0 Å². The number of esters is 1. The van der Waals surface area contributed by atoms with Gasteiger partial charge in [-0.2, -0.15) is 0 Å². The largest absolute Gasteiger partial charge is 0.460 e. The van der Waals surface area contributed by atoms with Crippen LogP contribution in [0.15, 0.2) is 29.1 Å². The van der Waals surface area contributed by atoms with E-state index in [0.29, 0.717) is 11.0 Å². The summed E-state index contributed by atoms with van der Waals surface area (Å²) < 4.78 is 6.84. The fraction of sp³-hybridized carbons (Fsp3) is 0.278. The smallest absolute Gasteiger partial charge is 0.374 e. The first-order valence-corrected chi connectivity index (χ1v) is 7.80. The number of aromatic amines is 1. The lowest BCUT2D eigenvalue weighted by atomic mass is 10.2. The van der Waals surface area contributed by atoms with Crippen molar-refractivity contribution in [1.82, 2.24) is 14.5 Å². The van der Waals surface area contributed by atoms with Crippen molar-refractivity contribution in [3.05, 3.63) is 57.3 Å². The van der Waals surface area contributed by atoms with Crippen LogP contribution in [0.2, 0.25) is 0 Å². The molecular formula is C18H19N3O3. The van der Waals surface area contributed by atoms with Gasteiger partial charge in [-0.05, 0) is 45.4 Å². The Balaban J connectivity index is 2.32. The van der Waals surface area contributed by atoms with E-state index in [1.54, 1.807) is 6.92 Å². The summed E-state index contributed by atoms with van der Waals surface area (Å²) in [7, 11) is 0. The minimum absolute atomic E-state index is 0.0831. The van der Waals surface area contributed by atoms with Crippen LogP contribution < -0.4 is 5.56 Å². The Morgan fingerprint density at radius 1 is 1.21 bits per heavy atom. The van der Waals surface area contributed by atoms with E-state index in [-0.39, 0.29) is 18.0 Å². The molecule has 0 unspecified atom stereocenters. The Morgan fingerprint density at radius 2 is 1.88 bits per heavy atom. The number of nitrogens with one attached hydrogen (secondary N) is 1. The second kappa shape index (κ2) is 5.96. The molecule has 0 aliphatic carbocycles. The third-order valence-electron chi connectivity index (χ3n) is 4.13. The van der Waals surface area contributed by atoms with Crippen molar-refractivity contribution in [1.29, 1.82) is 0 Å². The number of rotatable bonds is 3. The summed E-state index contributed by atoms with van der Waals surface area (Å²) >= 11 is 0. The number of hydrogen-bond acceptors (Lipinski definition) is 4. The Labute approximate surface area is 139 Å². The van der Waals surface area contributed by atoms with Crippen LogP contribution in [0.1, 0.15) is 34.4 Å². The van der Waals surface area contributed by atoms with Gasteiger partial charge in [-0.25, -0.2) is 9.78 Å². The highest BCUT2D eigenvalue weighted by molar-refractivity contribution is 5.89. The number of aromatic nitrogens is 3. The molecule has 3 rings (SSSR count). The third kappa shape index (κ3) is 2.50. The minimum atomic E-state index is -0.636. The SMILES string of the molecule is CCOC(=O)c1nc2c(c(C)c(C)n2-c2ccc(C)cc2)c(=O)[nH]1. The monoisotopic (exact) mass is 325 g/mol. The van der Waals surface area contributed by atoms with E-state index in [0.717, 1.165) is 22.5 Å². The summed E-state index contributed by atoms with van der Waals surface area (Å²) in [5, 5.41) is 0.487. The van der Waals surface area contributed by atoms with Crippen molar-refractivity contribution >= 4 is 17.0 Å². The number of carbonyl (C=O) groups excluding carboxylic acids is 1. The molecule has 0 amide bonds. The van der Waals surface area contributed by atoms with E-state index in [1.807, 2.05) is 49.6 Å². The van der Waals surface area contributed by atoms with Crippen LogP contribution in [-0.2, 0) is 4.74 Å². The Kier molecular flexibility index (Phi) is 3.97. The van der Waals surface area contributed by atoms with E-state index >= 15 is 0 Å². The topological polar surface area (TPSA) is 77.0 Å². The normalized spacial score (nSPS) is 11.0. The van der Waals surface area contributed by atoms with Crippen molar-refractivity contribution in [2.45, 2.75) is 27.7 Å². The van der Waals surface area contributed by atoms with Gasteiger partial charge in [-0.15, -0.1) is 0 Å². The Morgan fingerprint density at radius 3 is 2.50 bits per heavy atom. The lowest BCUT2D eigenvalue weighted by Gasteiger charge is -2.09. The number of nitrogens with zero attached hydrogens (tertiary/aromatic N) is 2. The quantitative estimate of drug-likeness (QED) is 0.751. The van der Waals surface area contributed by atoms with Gasteiger partial charge < -0.3 is 9.72 Å². The minimum Gasteiger partial charge on any atom is -0.460 e. The lowest BCUT2D eigenvalue weighted by Crippen LogP contribution is -2.18. The van der Waals surface area contributed by atoms with Gasteiger partial charge >= 0.3 is 5.97 Å². The molecule has 3 aromatic rings. The predicted octanol–water partition coefficient (Wildman–Crippen LogP) is 2.82. The van der Waals surface area contributed by atoms with Crippen molar-refractivity contribution in [2.24, 2.45) is 0 Å². The average molecular weight is 325 g/mol. The number of H-pyrrole nitrogens is 1. The fourth-order valence-corrected chi connectivity index (χ4v) is 2.77. The predicted molar refractivity (Wildman–Crippen MR) is 91.9 cm³/mol. The number of hydrogen-bond donors (Lipinski definition) is 1. The molecular weight excluding hydrogens is 306 g/mol. The second-order valence-corrected chi connectivity index (χ2v) is 5.71. The average Bonchev–Trinajstić information content (AvgIpc) is 2.80. The second-order valence-electron chi connectivity index (χ2n) is 5.71. The van der Waals surface area contributed by atoms with Gasteiger partial charge in [0.15, 0.2) is 5.65 Å². The molecule has 0 spiro atoms. The van der Waals surface area contributed by atoms with E-state index in [9.17, 15) is 9.59 Å². The van der Waals surface area contributed by atoms with Gasteiger partial charge in [0.25, 0.3) is 5.56 Å². The molecule has 2 aromatic heterocycles. The molecule has 0 saturated heterocycles. The van der Waals surface area contributed by atoms with E-state index in [4.69, 9.17) is 4.74 Å². The Hall–Kier alpha value is -2.89. The zero-order chi connectivity index (χ0) is 17.4. The van der Waals surface area contributed by atoms with Gasteiger partial charge in [0.05, 0.1) is 12.0 Å². The zero-order valence-corrected chi connectivity index (χ0v) is 14.1. The first kappa shape index (κ1) is 16.0. The van der Waals surface area contributed by atoms with Gasteiger partial charge in [0.2, 0.25) is 5.82 Å². The van der Waals surface area contributed by atoms with Crippen molar-refractivity contribution < 1.29 is 9.53 Å². The standard InChI is InChI=1S/C18H19N3O3/c1-5-24-18(23)15-19-16-14(17(22)20-15)11(3)12(4)21(16)13-8-6-10(2)7-9-13/h6-9H,5H2,1-4H3,(H,19,20,22). The molecule has 124 valence electrons. The molecule has 6 heteroatoms. The third-order valence-corrected chi connectivity index (χ3v) is 4.13. The molecule has 1 N–H and O–H groups in total. The molecule has 0 radical (unpaired) electrons. The van der Waals surface area contributed by atoms with Crippen molar-refractivity contribution in [3.8, 4) is 5.69 Å². The summed E-state index contributed by atoms with van der Waals surface area (Å²) in [4.78, 5) is 31.3. The van der Waals surface area contributed by atoms with Crippen LogP contribution in [0, 0.1) is 20.8 Å². The summed E-state index contributed by atoms with van der Waals surface area (Å²) in [6, 6.07) is 7.92. The first-order valence-electron chi connectivity index (χ1n) is 7.80. The summed E-state index contributed by atoms with van der Waals surface area (Å²) in [6.45, 7) is 7.75. The number of ether oxygens (including phenoxy) is 1. The molecule has 0 atom stereocenters. The molecule has 0 aliphatic heterocycles. The summed E-state index contributed by atoms with van der Waals surface area (Å²) in [6.07, 6.45) is 0. The summed E-state index contributed by atoms with van der Waals surface area (Å²) in [5.41, 5.74) is 3.91. The van der Waals surface area contributed by atoms with E-state index in [2.05, 4.69) is 9.97 Å². The van der Waals surface area contributed by atoms with Crippen molar-refractivity contribution in [2.75, 3.05) is 6.61 Å². The number of carbonyl (C=O) groups is 1. The highest BCUT2D eigenvalue weighted by Gasteiger charge is 2.20. The maximum absolute atomic E-state index is 12.5. The molecule has 1 aromatic carbocycles. The van der Waals surface area contributed by atoms with Crippen LogP contribution in [0.4, 0.5) is 0 Å². The molecule has 6 nitrogen and oxygen atoms in total. The van der Waals surface area contributed by atoms with Gasteiger partial charge in [0.1, 0.15) is 0 Å². The number of fused-ring (bicyclic) bond motifs is 1. The van der Waals surface area contributed by atoms with Crippen LogP contribution in [0.5, 0.6) is 0 Å². The summed E-state index contributed by atoms with van der Waals surface area (Å²) in [5.74, 6) is -0.719. The fourth-order valence-electron chi connectivity index (χ4n) is 2.77. The highest BCUT2D eigenvalue weighted by Crippen LogP contribution is 2.25. The van der Waals surface area contributed by atoms with Gasteiger partial charge in [0, 0.05) is 11.4 Å². The van der Waals surface area contributed by atoms with Gasteiger partial charge in [-0.3, -0.25) is 9.36 Å². The lowest BCUT2D eigenvalue weighted by molar-refractivity contribution is 0.0512. The maximum atomic E-state index is 12.5. The molecule has 0 aliphatic rings. The molecule has 0 saturated carbocycles. The molecule has 0 fully saturated rings. The Bertz CT molecular complexity index is 981. The number of benzene rings is 1. The van der Waals surface area contributed by atoms with Crippen LogP contribution in [0.25, 0.3) is 16.7 Å². The van der Waals surface area contributed by atoms with E-state index < -0.39 is 5.97 Å². The molecule has 24 heavy (non-hydrogen) atoms. The maximum Gasteiger partial charge on any atom is 0.374 e. The molecule has 0 bridgehead atoms. The number of aryl methyl sites for hydroxylation is 2. The van der Waals surface area contributed by atoms with Crippen LogP contribution in [-0.4, -0.2) is 27.1 Å². The molecule has 2 heterocycles. The highest BCUT2D eigenvalue weighted by atomic mass is 16.5. The zero-order valence-electron chi connectivity index (χ0n) is 14.1. The van der Waals surface area contributed by atoms with Crippen LogP contribution >= 0.6 is 0 Å². The van der Waals surface area contributed by atoms with Gasteiger partial charge in [-0.1, -0.05) is 17.7 Å². The van der Waals surface area contributed by atoms with E-state index in [1.165, 1.54) is 0 Å². The van der Waals surface area contributed by atoms with Crippen LogP contribution in [0.3, 0.4) is 0 Å².